The van der Waals surface area contributed by atoms with Crippen molar-refractivity contribution in [3.63, 3.8) is 0 Å². The van der Waals surface area contributed by atoms with Crippen LogP contribution in [-0.4, -0.2) is 88.3 Å². The first-order chi connectivity index (χ1) is 27.2. The van der Waals surface area contributed by atoms with Crippen LogP contribution in [0.15, 0.2) is 48.5 Å². The zero-order valence-corrected chi connectivity index (χ0v) is 34.6. The van der Waals surface area contributed by atoms with Crippen molar-refractivity contribution in [2.75, 3.05) is 53.0 Å². The van der Waals surface area contributed by atoms with Crippen molar-refractivity contribution in [2.24, 2.45) is 7.05 Å². The number of benzene rings is 3. The van der Waals surface area contributed by atoms with Crippen LogP contribution >= 0.6 is 11.6 Å². The number of hydrogen-bond donors (Lipinski definition) is 1. The average Bonchev–Trinajstić information content (AvgIpc) is 3.68. The third-order valence-corrected chi connectivity index (χ3v) is 11.7. The number of carboxylic acids is 1. The van der Waals surface area contributed by atoms with Crippen LogP contribution in [0, 0.1) is 5.82 Å². The molecule has 0 radical (unpaired) electrons. The molecule has 0 bridgehead atoms. The van der Waals surface area contributed by atoms with Gasteiger partial charge in [-0.1, -0.05) is 69.8 Å². The Hall–Kier alpha value is -3.96. The quantitative estimate of drug-likeness (QED) is 0.126. The average molecular weight is 788 g/mol. The van der Waals surface area contributed by atoms with Gasteiger partial charge in [0.25, 0.3) is 0 Å². The molecule has 2 aliphatic rings. The summed E-state index contributed by atoms with van der Waals surface area (Å²) in [5.41, 5.74) is 5.94. The lowest BCUT2D eigenvalue weighted by molar-refractivity contribution is 0.0334. The summed E-state index contributed by atoms with van der Waals surface area (Å²) in [7, 11) is 4.19. The predicted octanol–water partition coefficient (Wildman–Crippen LogP) is 9.95. The largest absolute Gasteiger partial charge is 0.493 e. The van der Waals surface area contributed by atoms with Crippen LogP contribution in [-0.2, 0) is 31.2 Å². The van der Waals surface area contributed by atoms with Crippen LogP contribution in [0.2, 0.25) is 5.02 Å². The molecule has 1 saturated heterocycles. The molecule has 0 saturated carbocycles. The van der Waals surface area contributed by atoms with Crippen molar-refractivity contribution in [1.29, 1.82) is 0 Å². The molecule has 56 heavy (non-hydrogen) atoms. The first kappa shape index (κ1) is 41.7. The summed E-state index contributed by atoms with van der Waals surface area (Å²) in [5, 5.41) is 19.1. The summed E-state index contributed by atoms with van der Waals surface area (Å²) in [5.74, 6) is -0.554. The Morgan fingerprint density at radius 2 is 1.71 bits per heavy atom. The van der Waals surface area contributed by atoms with E-state index in [2.05, 4.69) is 37.6 Å². The van der Waals surface area contributed by atoms with Gasteiger partial charge in [-0.2, -0.15) is 5.10 Å². The van der Waals surface area contributed by atoms with Gasteiger partial charge in [0.05, 0.1) is 42.1 Å². The number of fused-ring (bicyclic) bond motifs is 3. The van der Waals surface area contributed by atoms with E-state index in [-0.39, 0.29) is 11.9 Å². The van der Waals surface area contributed by atoms with Crippen molar-refractivity contribution in [3.05, 3.63) is 82.0 Å². The second kappa shape index (κ2) is 19.5. The van der Waals surface area contributed by atoms with E-state index in [1.165, 1.54) is 31.4 Å². The second-order valence-corrected chi connectivity index (χ2v) is 15.6. The first-order valence-electron chi connectivity index (χ1n) is 20.6. The standard InChI is InChI=1S/C40H47ClFN5O4.C5H12/c1-4-32-36-35-31(41)15-14-30-29(10-8-22-51-34-11-7-9-26-25-27(42)12-13-28(26)34)39(40(48)49)47(38(30)35)18-6-5-17-44(2)33(37(36)43-45(32)3)16-19-46-20-23-50-24-21-46;1-3-5-4-2/h7,9,11-15,25,33H,4-6,8,10,16-24H2,1-3H3,(H,48,49);3-5H2,1-2H3. The molecule has 4 heterocycles. The highest BCUT2D eigenvalue weighted by molar-refractivity contribution is 6.35. The van der Waals surface area contributed by atoms with Gasteiger partial charge in [-0.05, 0) is 93.4 Å². The number of hydrogen-bond acceptors (Lipinski definition) is 6. The molecule has 302 valence electrons. The van der Waals surface area contributed by atoms with Crippen molar-refractivity contribution < 1.29 is 23.8 Å². The Morgan fingerprint density at radius 1 is 0.964 bits per heavy atom. The molecular formula is C45H59ClFN5O4. The fourth-order valence-electron chi connectivity index (χ4n) is 8.56. The molecule has 7 rings (SSSR count). The second-order valence-electron chi connectivity index (χ2n) is 15.2. The molecule has 9 nitrogen and oxygen atoms in total. The molecule has 0 spiro atoms. The molecule has 3 aromatic carbocycles. The summed E-state index contributed by atoms with van der Waals surface area (Å²) in [6.45, 7) is 12.7. The number of carbonyl (C=O) groups is 1. The maximum Gasteiger partial charge on any atom is 0.352 e. The molecule has 2 aromatic heterocycles. The summed E-state index contributed by atoms with van der Waals surface area (Å²) in [6, 6.07) is 14.2. The lowest BCUT2D eigenvalue weighted by Crippen LogP contribution is -2.38. The minimum absolute atomic E-state index is 0.0586. The lowest BCUT2D eigenvalue weighted by atomic mass is 9.93. The molecule has 0 amide bonds. The minimum Gasteiger partial charge on any atom is -0.493 e. The number of ether oxygens (including phenoxy) is 2. The van der Waals surface area contributed by atoms with E-state index in [1.807, 2.05) is 46.6 Å². The molecule has 1 fully saturated rings. The van der Waals surface area contributed by atoms with Crippen molar-refractivity contribution >= 4 is 39.2 Å². The predicted molar refractivity (Wildman–Crippen MR) is 225 cm³/mol. The molecule has 2 aliphatic heterocycles. The molecule has 5 aromatic rings. The third kappa shape index (κ3) is 9.09. The topological polar surface area (TPSA) is 85.0 Å². The molecule has 1 N–H and O–H groups in total. The fourth-order valence-corrected chi connectivity index (χ4v) is 8.81. The van der Waals surface area contributed by atoms with Gasteiger partial charge in [-0.25, -0.2) is 9.18 Å². The highest BCUT2D eigenvalue weighted by Crippen LogP contribution is 2.45. The Labute approximate surface area is 336 Å². The fraction of sp³-hybridized carbons (Fsp3) is 0.511. The van der Waals surface area contributed by atoms with Gasteiger partial charge in [0.1, 0.15) is 17.3 Å². The zero-order chi connectivity index (χ0) is 39.8. The lowest BCUT2D eigenvalue weighted by Gasteiger charge is -2.32. The number of aromatic carboxylic acids is 1. The van der Waals surface area contributed by atoms with Crippen molar-refractivity contribution in [2.45, 2.75) is 91.1 Å². The Bertz CT molecular complexity index is 2100. The van der Waals surface area contributed by atoms with E-state index >= 15 is 0 Å². The number of rotatable bonds is 12. The van der Waals surface area contributed by atoms with Crippen molar-refractivity contribution in [1.82, 2.24) is 24.1 Å². The monoisotopic (exact) mass is 787 g/mol. The van der Waals surface area contributed by atoms with Crippen LogP contribution in [0.4, 0.5) is 4.39 Å². The summed E-state index contributed by atoms with van der Waals surface area (Å²) >= 11 is 7.24. The number of aromatic nitrogens is 3. The summed E-state index contributed by atoms with van der Waals surface area (Å²) in [6.07, 6.45) is 8.59. The molecular weight excluding hydrogens is 729 g/mol. The number of unbranched alkanes of at least 4 members (excludes halogenated alkanes) is 2. The Kier molecular flexibility index (Phi) is 14.5. The number of nitrogens with zero attached hydrogens (tertiary/aromatic N) is 5. The third-order valence-electron chi connectivity index (χ3n) is 11.4. The Morgan fingerprint density at radius 3 is 2.43 bits per heavy atom. The van der Waals surface area contributed by atoms with Gasteiger partial charge in [0.15, 0.2) is 0 Å². The van der Waals surface area contributed by atoms with E-state index in [0.717, 1.165) is 115 Å². The highest BCUT2D eigenvalue weighted by atomic mass is 35.5. The maximum atomic E-state index is 13.9. The van der Waals surface area contributed by atoms with Crippen LogP contribution in [0.1, 0.15) is 99.2 Å². The molecule has 11 heteroatoms. The SMILES string of the molecule is CCCCC.CCc1c2c(nn1C)C(CCN1CCOCC1)N(C)CCCCn1c(C(=O)O)c(CCCOc3cccc4cc(F)ccc34)c3ccc(Cl)c-2c31. The number of halogens is 2. The van der Waals surface area contributed by atoms with Crippen LogP contribution in [0.5, 0.6) is 5.75 Å². The Balaban J connectivity index is 0.00000100. The van der Waals surface area contributed by atoms with E-state index in [1.54, 1.807) is 6.07 Å². The van der Waals surface area contributed by atoms with Gasteiger partial charge < -0.3 is 19.1 Å². The van der Waals surface area contributed by atoms with E-state index in [0.29, 0.717) is 42.5 Å². The smallest absolute Gasteiger partial charge is 0.352 e. The van der Waals surface area contributed by atoms with Gasteiger partial charge in [-0.15, -0.1) is 0 Å². The molecule has 1 unspecified atom stereocenters. The molecule has 0 aliphatic carbocycles. The van der Waals surface area contributed by atoms with Crippen LogP contribution in [0.3, 0.4) is 0 Å². The molecule has 1 atom stereocenters. The number of aryl methyl sites for hydroxylation is 3. The first-order valence-corrected chi connectivity index (χ1v) is 21.0. The van der Waals surface area contributed by atoms with Gasteiger partial charge in [-0.3, -0.25) is 14.5 Å². The minimum atomic E-state index is -0.947. The van der Waals surface area contributed by atoms with E-state index < -0.39 is 5.97 Å². The van der Waals surface area contributed by atoms with Crippen LogP contribution < -0.4 is 4.74 Å². The summed E-state index contributed by atoms with van der Waals surface area (Å²) < 4.78 is 29.7. The van der Waals surface area contributed by atoms with Crippen molar-refractivity contribution in [3.8, 4) is 16.9 Å². The summed E-state index contributed by atoms with van der Waals surface area (Å²) in [4.78, 5) is 18.1. The van der Waals surface area contributed by atoms with Gasteiger partial charge in [0.2, 0.25) is 0 Å². The number of carboxylic acid groups (broad SMARTS) is 1. The van der Waals surface area contributed by atoms with Crippen LogP contribution in [0.25, 0.3) is 32.8 Å². The maximum absolute atomic E-state index is 13.9. The zero-order valence-electron chi connectivity index (χ0n) is 33.9. The van der Waals surface area contributed by atoms with E-state index in [9.17, 15) is 14.3 Å². The van der Waals surface area contributed by atoms with Gasteiger partial charge in [0, 0.05) is 60.8 Å². The number of morpholine rings is 1. The van der Waals surface area contributed by atoms with E-state index in [4.69, 9.17) is 26.2 Å². The normalized spacial score (nSPS) is 16.7. The van der Waals surface area contributed by atoms with Gasteiger partial charge >= 0.3 is 5.97 Å². The highest BCUT2D eigenvalue weighted by Gasteiger charge is 2.33.